The predicted molar refractivity (Wildman–Crippen MR) is 59.6 cm³/mol. The number of benzene rings is 1. The molecule has 1 aromatic rings. The van der Waals surface area contributed by atoms with E-state index in [0.29, 0.717) is 0 Å². The zero-order chi connectivity index (χ0) is 13.0. The van der Waals surface area contributed by atoms with Crippen molar-refractivity contribution in [3.63, 3.8) is 0 Å². The van der Waals surface area contributed by atoms with Crippen LogP contribution in [0.3, 0.4) is 0 Å². The van der Waals surface area contributed by atoms with Crippen LogP contribution < -0.4 is 5.73 Å². The third kappa shape index (κ3) is 3.01. The van der Waals surface area contributed by atoms with E-state index in [1.165, 1.54) is 12.1 Å². The van der Waals surface area contributed by atoms with Gasteiger partial charge in [0.25, 0.3) is 0 Å². The molecule has 1 atom stereocenters. The molecule has 5 N–H and O–H groups in total. The van der Waals surface area contributed by atoms with Gasteiger partial charge in [-0.25, -0.2) is 0 Å². The highest BCUT2D eigenvalue weighted by Gasteiger charge is 2.19. The molecule has 17 heavy (non-hydrogen) atoms. The van der Waals surface area contributed by atoms with Crippen molar-refractivity contribution in [3.8, 4) is 17.2 Å². The first-order valence-electron chi connectivity index (χ1n) is 5.12. The van der Waals surface area contributed by atoms with Crippen LogP contribution in [0, 0.1) is 0 Å². The second-order valence-electron chi connectivity index (χ2n) is 3.49. The molecular weight excluding hydrogens is 226 g/mol. The molecule has 0 unspecified atom stereocenters. The first kappa shape index (κ1) is 13.1. The number of carbonyl (C=O) groups is 1. The van der Waals surface area contributed by atoms with E-state index in [0.717, 1.165) is 0 Å². The molecule has 0 aromatic heterocycles. The van der Waals surface area contributed by atoms with Crippen LogP contribution in [0.1, 0.15) is 24.9 Å². The van der Waals surface area contributed by atoms with Crippen LogP contribution in [0.15, 0.2) is 12.1 Å². The lowest BCUT2D eigenvalue weighted by molar-refractivity contribution is -0.143. The Labute approximate surface area is 98.3 Å². The summed E-state index contributed by atoms with van der Waals surface area (Å²) in [5.74, 6) is -2.12. The van der Waals surface area contributed by atoms with Gasteiger partial charge in [-0.3, -0.25) is 4.79 Å². The van der Waals surface area contributed by atoms with E-state index in [2.05, 4.69) is 0 Å². The van der Waals surface area contributed by atoms with Crippen LogP contribution in [0.2, 0.25) is 0 Å². The van der Waals surface area contributed by atoms with Crippen molar-refractivity contribution in [2.24, 2.45) is 5.73 Å². The highest BCUT2D eigenvalue weighted by atomic mass is 16.5. The number of hydrogen-bond acceptors (Lipinski definition) is 6. The number of esters is 1. The Morgan fingerprint density at radius 1 is 1.35 bits per heavy atom. The Hall–Kier alpha value is -1.95. The van der Waals surface area contributed by atoms with Crippen LogP contribution in [0.5, 0.6) is 17.2 Å². The maximum atomic E-state index is 11.2. The number of hydrogen-bond donors (Lipinski definition) is 4. The second-order valence-corrected chi connectivity index (χ2v) is 3.49. The quantitative estimate of drug-likeness (QED) is 0.457. The standard InChI is InChI=1S/C11H15NO5/c1-2-17-9(14)5-7(12)6-3-4-8(13)11(16)10(6)15/h3-4,7,13,15-16H,2,5,12H2,1H3/t7-/m0/s1. The molecular formula is C11H15NO5. The molecule has 94 valence electrons. The first-order chi connectivity index (χ1) is 7.97. The molecule has 0 heterocycles. The van der Waals surface area contributed by atoms with E-state index < -0.39 is 29.3 Å². The van der Waals surface area contributed by atoms with Gasteiger partial charge in [-0.15, -0.1) is 0 Å². The van der Waals surface area contributed by atoms with Gasteiger partial charge in [0.15, 0.2) is 11.5 Å². The van der Waals surface area contributed by atoms with Crippen LogP contribution in [-0.2, 0) is 9.53 Å². The minimum Gasteiger partial charge on any atom is -0.504 e. The van der Waals surface area contributed by atoms with Crippen LogP contribution in [0.4, 0.5) is 0 Å². The van der Waals surface area contributed by atoms with Crippen LogP contribution >= 0.6 is 0 Å². The summed E-state index contributed by atoms with van der Waals surface area (Å²) in [6.07, 6.45) is -0.119. The lowest BCUT2D eigenvalue weighted by Gasteiger charge is -2.14. The van der Waals surface area contributed by atoms with Crippen molar-refractivity contribution in [2.45, 2.75) is 19.4 Å². The first-order valence-corrected chi connectivity index (χ1v) is 5.12. The lowest BCUT2D eigenvalue weighted by Crippen LogP contribution is -2.17. The molecule has 6 heteroatoms. The number of ether oxygens (including phenoxy) is 1. The largest absolute Gasteiger partial charge is 0.504 e. The highest BCUT2D eigenvalue weighted by Crippen LogP contribution is 2.39. The molecule has 1 rings (SSSR count). The monoisotopic (exact) mass is 241 g/mol. The fourth-order valence-corrected chi connectivity index (χ4v) is 1.39. The summed E-state index contributed by atoms with van der Waals surface area (Å²) in [6, 6.07) is 1.73. The number of nitrogens with two attached hydrogens (primary N) is 1. The minimum atomic E-state index is -0.805. The Kier molecular flexibility index (Phi) is 4.17. The van der Waals surface area contributed by atoms with Gasteiger partial charge in [-0.2, -0.15) is 0 Å². The van der Waals surface area contributed by atoms with Crippen molar-refractivity contribution in [1.29, 1.82) is 0 Å². The van der Waals surface area contributed by atoms with Crippen molar-refractivity contribution in [2.75, 3.05) is 6.61 Å². The average Bonchev–Trinajstić information content (AvgIpc) is 2.26. The number of carbonyl (C=O) groups excluding carboxylic acids is 1. The van der Waals surface area contributed by atoms with Crippen molar-refractivity contribution in [1.82, 2.24) is 0 Å². The van der Waals surface area contributed by atoms with Gasteiger partial charge >= 0.3 is 5.97 Å². The summed E-state index contributed by atoms with van der Waals surface area (Å²) < 4.78 is 4.72. The van der Waals surface area contributed by atoms with Crippen molar-refractivity contribution in [3.05, 3.63) is 17.7 Å². The molecule has 0 saturated heterocycles. The van der Waals surface area contributed by atoms with Gasteiger partial charge in [0, 0.05) is 11.6 Å². The topological polar surface area (TPSA) is 113 Å². The van der Waals surface area contributed by atoms with Gasteiger partial charge < -0.3 is 25.8 Å². The molecule has 0 aliphatic rings. The van der Waals surface area contributed by atoms with E-state index in [9.17, 15) is 15.0 Å². The fraction of sp³-hybridized carbons (Fsp3) is 0.364. The van der Waals surface area contributed by atoms with E-state index >= 15 is 0 Å². The number of rotatable bonds is 4. The van der Waals surface area contributed by atoms with E-state index in [1.54, 1.807) is 6.92 Å². The normalized spacial score (nSPS) is 12.1. The minimum absolute atomic E-state index is 0.119. The van der Waals surface area contributed by atoms with Gasteiger partial charge in [0.2, 0.25) is 5.75 Å². The van der Waals surface area contributed by atoms with Crippen LogP contribution in [-0.4, -0.2) is 27.9 Å². The predicted octanol–water partition coefficient (Wildman–Crippen LogP) is 0.756. The highest BCUT2D eigenvalue weighted by molar-refractivity contribution is 5.71. The molecule has 0 radical (unpaired) electrons. The summed E-state index contributed by atoms with van der Waals surface area (Å²) in [7, 11) is 0. The summed E-state index contributed by atoms with van der Waals surface area (Å²) in [6.45, 7) is 1.92. The molecule has 1 aromatic carbocycles. The zero-order valence-corrected chi connectivity index (χ0v) is 9.38. The maximum absolute atomic E-state index is 11.2. The summed E-state index contributed by atoms with van der Waals surface area (Å²) in [5, 5.41) is 28.0. The van der Waals surface area contributed by atoms with Crippen LogP contribution in [0.25, 0.3) is 0 Å². The number of aromatic hydroxyl groups is 3. The number of phenols is 3. The molecule has 0 aliphatic carbocycles. The summed E-state index contributed by atoms with van der Waals surface area (Å²) >= 11 is 0. The van der Waals surface area contributed by atoms with E-state index in [1.807, 2.05) is 0 Å². The average molecular weight is 241 g/mol. The molecule has 0 bridgehead atoms. The Morgan fingerprint density at radius 2 is 2.00 bits per heavy atom. The Balaban J connectivity index is 2.86. The number of phenolic OH excluding ortho intramolecular Hbond substituents is 3. The Morgan fingerprint density at radius 3 is 2.59 bits per heavy atom. The van der Waals surface area contributed by atoms with Crippen molar-refractivity contribution < 1.29 is 24.9 Å². The van der Waals surface area contributed by atoms with Gasteiger partial charge in [0.05, 0.1) is 13.0 Å². The molecule has 6 nitrogen and oxygen atoms in total. The Bertz CT molecular complexity index is 419. The van der Waals surface area contributed by atoms with E-state index in [-0.39, 0.29) is 18.6 Å². The van der Waals surface area contributed by atoms with Gasteiger partial charge in [-0.1, -0.05) is 0 Å². The molecule has 0 amide bonds. The zero-order valence-electron chi connectivity index (χ0n) is 9.38. The SMILES string of the molecule is CCOC(=O)C[C@H](N)c1ccc(O)c(O)c1O. The third-order valence-corrected chi connectivity index (χ3v) is 2.25. The maximum Gasteiger partial charge on any atom is 0.307 e. The summed E-state index contributed by atoms with van der Waals surface area (Å²) in [5.41, 5.74) is 5.87. The molecule has 0 spiro atoms. The van der Waals surface area contributed by atoms with Gasteiger partial charge in [-0.05, 0) is 19.1 Å². The molecule has 0 fully saturated rings. The molecule has 0 saturated carbocycles. The lowest BCUT2D eigenvalue weighted by atomic mass is 10.0. The summed E-state index contributed by atoms with van der Waals surface area (Å²) in [4.78, 5) is 11.2. The molecule has 0 aliphatic heterocycles. The third-order valence-electron chi connectivity index (χ3n) is 2.25. The second kappa shape index (κ2) is 5.40. The van der Waals surface area contributed by atoms with Crippen molar-refractivity contribution >= 4 is 5.97 Å². The van der Waals surface area contributed by atoms with E-state index in [4.69, 9.17) is 15.6 Å². The fourth-order valence-electron chi connectivity index (χ4n) is 1.39. The van der Waals surface area contributed by atoms with Gasteiger partial charge in [0.1, 0.15) is 0 Å². The smallest absolute Gasteiger partial charge is 0.307 e.